The average Bonchev–Trinajstić information content (AvgIpc) is 2.62. The summed E-state index contributed by atoms with van der Waals surface area (Å²) < 4.78 is 7.06. The molecule has 2 aromatic rings. The van der Waals surface area contributed by atoms with Crippen molar-refractivity contribution in [2.45, 2.75) is 32.5 Å². The molecule has 7 heteroatoms. The Morgan fingerprint density at radius 2 is 1.92 bits per heavy atom. The van der Waals surface area contributed by atoms with Crippen LogP contribution in [0.15, 0.2) is 41.3 Å². The lowest BCUT2D eigenvalue weighted by Gasteiger charge is -2.35. The Labute approximate surface area is 158 Å². The topological polar surface area (TPSA) is 59.4 Å². The Kier molecular flexibility index (Phi) is 6.29. The maximum atomic E-state index is 12.4. The summed E-state index contributed by atoms with van der Waals surface area (Å²) >= 11 is 6.25. The van der Waals surface area contributed by atoms with Gasteiger partial charge in [0.05, 0.1) is 29.8 Å². The second-order valence-corrected chi connectivity index (χ2v) is 7.10. The Bertz CT molecular complexity index is 771. The molecule has 0 amide bonds. The van der Waals surface area contributed by atoms with Crippen molar-refractivity contribution in [2.75, 3.05) is 31.5 Å². The minimum Gasteiger partial charge on any atom is -0.382 e. The number of para-hydroxylation sites is 1. The second kappa shape index (κ2) is 8.66. The highest BCUT2D eigenvalue weighted by atomic mass is 35.5. The Morgan fingerprint density at radius 3 is 2.62 bits per heavy atom. The van der Waals surface area contributed by atoms with Crippen molar-refractivity contribution < 1.29 is 4.74 Å². The van der Waals surface area contributed by atoms with Crippen molar-refractivity contribution in [2.24, 2.45) is 0 Å². The van der Waals surface area contributed by atoms with Crippen LogP contribution >= 0.6 is 11.6 Å². The molecule has 1 aromatic carbocycles. The molecule has 1 aromatic heterocycles. The van der Waals surface area contributed by atoms with Crippen molar-refractivity contribution >= 4 is 17.3 Å². The van der Waals surface area contributed by atoms with Crippen LogP contribution in [0.1, 0.15) is 20.3 Å². The normalized spacial score (nSPS) is 20.9. The predicted octanol–water partition coefficient (Wildman–Crippen LogP) is 2.80. The highest BCUT2D eigenvalue weighted by molar-refractivity contribution is 6.32. The van der Waals surface area contributed by atoms with E-state index in [1.54, 1.807) is 6.20 Å². The van der Waals surface area contributed by atoms with Crippen molar-refractivity contribution in [3.8, 4) is 5.69 Å². The summed E-state index contributed by atoms with van der Waals surface area (Å²) in [4.78, 5) is 14.9. The summed E-state index contributed by atoms with van der Waals surface area (Å²) in [6, 6.07) is 9.25. The third-order valence-corrected chi connectivity index (χ3v) is 4.75. The van der Waals surface area contributed by atoms with Gasteiger partial charge in [0.2, 0.25) is 0 Å². The van der Waals surface area contributed by atoms with Crippen molar-refractivity contribution in [1.82, 2.24) is 14.7 Å². The second-order valence-electron chi connectivity index (χ2n) is 6.72. The fraction of sp³-hybridized carbons (Fsp3) is 0.474. The lowest BCUT2D eigenvalue weighted by atomic mass is 10.2. The summed E-state index contributed by atoms with van der Waals surface area (Å²) in [6.45, 7) is 7.84. The zero-order chi connectivity index (χ0) is 18.5. The predicted molar refractivity (Wildman–Crippen MR) is 104 cm³/mol. The van der Waals surface area contributed by atoms with Crippen LogP contribution in [-0.4, -0.2) is 53.1 Å². The molecule has 26 heavy (non-hydrogen) atoms. The molecule has 3 rings (SSSR count). The van der Waals surface area contributed by atoms with Crippen LogP contribution in [0, 0.1) is 0 Å². The lowest BCUT2D eigenvalue weighted by Crippen LogP contribution is -2.45. The molecule has 0 radical (unpaired) electrons. The smallest absolute Gasteiger partial charge is 0.292 e. The van der Waals surface area contributed by atoms with Gasteiger partial charge in [0.1, 0.15) is 5.02 Å². The first-order chi connectivity index (χ1) is 12.5. The van der Waals surface area contributed by atoms with Gasteiger partial charge >= 0.3 is 0 Å². The fourth-order valence-corrected chi connectivity index (χ4v) is 3.50. The molecule has 1 aliphatic rings. The minimum atomic E-state index is -0.321. The fourth-order valence-electron chi connectivity index (χ4n) is 3.30. The molecule has 140 valence electrons. The summed E-state index contributed by atoms with van der Waals surface area (Å²) in [5, 5.41) is 7.62. The summed E-state index contributed by atoms with van der Waals surface area (Å²) in [6.07, 6.45) is 3.11. The van der Waals surface area contributed by atoms with Gasteiger partial charge in [-0.3, -0.25) is 9.69 Å². The molecule has 2 unspecified atom stereocenters. The van der Waals surface area contributed by atoms with Gasteiger partial charge in [-0.05, 0) is 32.4 Å². The molecule has 0 aliphatic carbocycles. The first-order valence-corrected chi connectivity index (χ1v) is 9.37. The number of halogens is 1. The largest absolute Gasteiger partial charge is 0.382 e. The minimum absolute atomic E-state index is 0.164. The van der Waals surface area contributed by atoms with Crippen LogP contribution in [-0.2, 0) is 4.74 Å². The molecule has 6 nitrogen and oxygen atoms in total. The standard InChI is InChI=1S/C19H25ClN4O2/c1-14-12-23(13-15(2)26-14)10-6-9-21-17-11-22-24(19(25)18(17)20)16-7-4-3-5-8-16/h3-5,7-8,11,14-15,21H,6,9-10,12-13H2,1-2H3. The van der Waals surface area contributed by atoms with Crippen molar-refractivity contribution in [3.63, 3.8) is 0 Å². The molecule has 0 bridgehead atoms. The van der Waals surface area contributed by atoms with E-state index in [9.17, 15) is 4.79 Å². The number of nitrogens with one attached hydrogen (secondary N) is 1. The first kappa shape index (κ1) is 18.9. The maximum absolute atomic E-state index is 12.4. The van der Waals surface area contributed by atoms with E-state index in [1.165, 1.54) is 4.68 Å². The number of benzene rings is 1. The summed E-state index contributed by atoms with van der Waals surface area (Å²) in [7, 11) is 0. The van der Waals surface area contributed by atoms with Crippen LogP contribution in [0.3, 0.4) is 0 Å². The quantitative estimate of drug-likeness (QED) is 0.785. The van der Waals surface area contributed by atoms with Gasteiger partial charge < -0.3 is 10.1 Å². The van der Waals surface area contributed by atoms with Crippen molar-refractivity contribution in [1.29, 1.82) is 0 Å². The van der Waals surface area contributed by atoms with Gasteiger partial charge in [-0.1, -0.05) is 29.8 Å². The van der Waals surface area contributed by atoms with Crippen LogP contribution in [0.25, 0.3) is 5.69 Å². The number of aromatic nitrogens is 2. The number of anilines is 1. The molecular weight excluding hydrogens is 352 g/mol. The van der Waals surface area contributed by atoms with E-state index < -0.39 is 0 Å². The van der Waals surface area contributed by atoms with Crippen LogP contribution in [0.4, 0.5) is 5.69 Å². The van der Waals surface area contributed by atoms with E-state index in [4.69, 9.17) is 16.3 Å². The average molecular weight is 377 g/mol. The molecule has 1 saturated heterocycles. The Morgan fingerprint density at radius 1 is 1.23 bits per heavy atom. The van der Waals surface area contributed by atoms with Gasteiger partial charge in [0, 0.05) is 26.2 Å². The highest BCUT2D eigenvalue weighted by Crippen LogP contribution is 2.17. The van der Waals surface area contributed by atoms with E-state index >= 15 is 0 Å². The maximum Gasteiger partial charge on any atom is 0.292 e. The molecular formula is C19H25ClN4O2. The summed E-state index contributed by atoms with van der Waals surface area (Å²) in [5.41, 5.74) is 0.952. The van der Waals surface area contributed by atoms with E-state index in [0.717, 1.165) is 32.6 Å². The molecule has 1 aliphatic heterocycles. The third-order valence-electron chi connectivity index (χ3n) is 4.38. The lowest BCUT2D eigenvalue weighted by molar-refractivity contribution is -0.0678. The number of morpholine rings is 1. The van der Waals surface area contributed by atoms with Gasteiger partial charge in [0.15, 0.2) is 0 Å². The van der Waals surface area contributed by atoms with E-state index in [0.29, 0.717) is 11.4 Å². The number of rotatable bonds is 6. The van der Waals surface area contributed by atoms with Gasteiger partial charge in [0.25, 0.3) is 5.56 Å². The Balaban J connectivity index is 1.56. The van der Waals surface area contributed by atoms with Gasteiger partial charge in [-0.2, -0.15) is 9.78 Å². The molecule has 2 atom stereocenters. The molecule has 1 N–H and O–H groups in total. The van der Waals surface area contributed by atoms with E-state index in [2.05, 4.69) is 29.2 Å². The highest BCUT2D eigenvalue weighted by Gasteiger charge is 2.21. The van der Waals surface area contributed by atoms with Crippen LogP contribution in [0.5, 0.6) is 0 Å². The van der Waals surface area contributed by atoms with Crippen molar-refractivity contribution in [3.05, 3.63) is 51.9 Å². The zero-order valence-corrected chi connectivity index (χ0v) is 15.9. The molecule has 0 spiro atoms. The first-order valence-electron chi connectivity index (χ1n) is 8.99. The number of hydrogen-bond acceptors (Lipinski definition) is 5. The van der Waals surface area contributed by atoms with E-state index in [-0.39, 0.29) is 22.8 Å². The molecule has 2 heterocycles. The Hall–Kier alpha value is -1.89. The third kappa shape index (κ3) is 4.63. The van der Waals surface area contributed by atoms with E-state index in [1.807, 2.05) is 30.3 Å². The molecule has 0 saturated carbocycles. The van der Waals surface area contributed by atoms with Gasteiger partial charge in [-0.15, -0.1) is 0 Å². The number of ether oxygens (including phenoxy) is 1. The monoisotopic (exact) mass is 376 g/mol. The number of nitrogens with zero attached hydrogens (tertiary/aromatic N) is 3. The zero-order valence-electron chi connectivity index (χ0n) is 15.2. The number of hydrogen-bond donors (Lipinski definition) is 1. The van der Waals surface area contributed by atoms with Crippen LogP contribution < -0.4 is 10.9 Å². The SMILES string of the molecule is CC1CN(CCCNc2cnn(-c3ccccc3)c(=O)c2Cl)CC(C)O1. The summed E-state index contributed by atoms with van der Waals surface area (Å²) in [5.74, 6) is 0. The molecule has 1 fully saturated rings. The van der Waals surface area contributed by atoms with Crippen LogP contribution in [0.2, 0.25) is 5.02 Å². The van der Waals surface area contributed by atoms with Gasteiger partial charge in [-0.25, -0.2) is 0 Å².